The van der Waals surface area contributed by atoms with Gasteiger partial charge in [-0.1, -0.05) is 12.1 Å². The molecule has 3 rings (SSSR count). The first kappa shape index (κ1) is 25.2. The average molecular weight is 540 g/mol. The molecule has 170 valence electrons. The van der Waals surface area contributed by atoms with Crippen LogP contribution in [-0.2, 0) is 17.8 Å². The zero-order chi connectivity index (χ0) is 21.0. The molecule has 1 saturated carbocycles. The summed E-state index contributed by atoms with van der Waals surface area (Å²) in [5.74, 6) is 2.17. The third-order valence-corrected chi connectivity index (χ3v) is 4.76. The smallest absolute Gasteiger partial charge is 0.251 e. The molecule has 1 aromatic carbocycles. The monoisotopic (exact) mass is 540 g/mol. The normalized spacial score (nSPS) is 13.4. The molecular weight excluding hydrogens is 507 g/mol. The van der Waals surface area contributed by atoms with Crippen LogP contribution in [0.2, 0.25) is 0 Å². The van der Waals surface area contributed by atoms with Crippen LogP contribution >= 0.6 is 24.0 Å². The maximum Gasteiger partial charge on any atom is 0.251 e. The van der Waals surface area contributed by atoms with Crippen LogP contribution in [0.1, 0.15) is 47.9 Å². The number of guanidine groups is 1. The third-order valence-electron chi connectivity index (χ3n) is 4.76. The Balaban J connectivity index is 0.00000341. The minimum Gasteiger partial charge on any atom is -0.467 e. The van der Waals surface area contributed by atoms with Crippen LogP contribution in [0.25, 0.3) is 0 Å². The summed E-state index contributed by atoms with van der Waals surface area (Å²) in [5, 5.41) is 9.45. The van der Waals surface area contributed by atoms with E-state index < -0.39 is 0 Å². The van der Waals surface area contributed by atoms with E-state index in [1.807, 2.05) is 31.2 Å². The summed E-state index contributed by atoms with van der Waals surface area (Å²) < 4.78 is 10.9. The number of nitrogens with one attached hydrogen (secondary N) is 3. The van der Waals surface area contributed by atoms with Gasteiger partial charge < -0.3 is 25.1 Å². The summed E-state index contributed by atoms with van der Waals surface area (Å²) in [6.07, 6.45) is 5.18. The molecule has 0 atom stereocenters. The first-order chi connectivity index (χ1) is 14.7. The van der Waals surface area contributed by atoms with E-state index in [1.165, 1.54) is 12.8 Å². The van der Waals surface area contributed by atoms with Gasteiger partial charge in [0, 0.05) is 31.9 Å². The Morgan fingerprint density at radius 3 is 2.81 bits per heavy atom. The molecule has 0 spiro atoms. The molecule has 0 radical (unpaired) electrons. The maximum absolute atomic E-state index is 12.4. The topological polar surface area (TPSA) is 87.9 Å². The lowest BCUT2D eigenvalue weighted by molar-refractivity contribution is 0.0948. The molecule has 1 aliphatic carbocycles. The number of carbonyl (C=O) groups excluding carboxylic acids is 1. The Morgan fingerprint density at radius 1 is 1.19 bits per heavy atom. The maximum atomic E-state index is 12.4. The first-order valence-electron chi connectivity index (χ1n) is 10.7. The number of halogens is 1. The van der Waals surface area contributed by atoms with Crippen LogP contribution in [0.4, 0.5) is 0 Å². The van der Waals surface area contributed by atoms with Gasteiger partial charge >= 0.3 is 0 Å². The van der Waals surface area contributed by atoms with Crippen molar-refractivity contribution in [3.05, 3.63) is 59.5 Å². The van der Waals surface area contributed by atoms with E-state index in [4.69, 9.17) is 9.15 Å². The van der Waals surface area contributed by atoms with Crippen LogP contribution in [-0.4, -0.2) is 38.2 Å². The van der Waals surface area contributed by atoms with Crippen LogP contribution in [0, 0.1) is 5.92 Å². The highest BCUT2D eigenvalue weighted by Crippen LogP contribution is 2.28. The Labute approximate surface area is 201 Å². The van der Waals surface area contributed by atoms with Gasteiger partial charge in [0.05, 0.1) is 19.4 Å². The summed E-state index contributed by atoms with van der Waals surface area (Å²) in [5.41, 5.74) is 1.59. The van der Waals surface area contributed by atoms with Crippen molar-refractivity contribution in [2.45, 2.75) is 39.3 Å². The van der Waals surface area contributed by atoms with E-state index >= 15 is 0 Å². The van der Waals surface area contributed by atoms with Crippen molar-refractivity contribution in [1.82, 2.24) is 16.0 Å². The number of carbonyl (C=O) groups is 1. The van der Waals surface area contributed by atoms with Crippen LogP contribution < -0.4 is 16.0 Å². The third kappa shape index (κ3) is 9.73. The summed E-state index contributed by atoms with van der Waals surface area (Å²) in [7, 11) is 0. The van der Waals surface area contributed by atoms with Gasteiger partial charge in [-0.2, -0.15) is 0 Å². The highest BCUT2D eigenvalue weighted by Gasteiger charge is 2.20. The van der Waals surface area contributed by atoms with Gasteiger partial charge in [0.25, 0.3) is 5.91 Å². The zero-order valence-corrected chi connectivity index (χ0v) is 20.4. The lowest BCUT2D eigenvalue weighted by Gasteiger charge is -2.11. The van der Waals surface area contributed by atoms with E-state index in [0.717, 1.165) is 55.9 Å². The average Bonchev–Trinajstić information content (AvgIpc) is 3.44. The van der Waals surface area contributed by atoms with Crippen molar-refractivity contribution in [2.75, 3.05) is 26.3 Å². The predicted molar refractivity (Wildman–Crippen MR) is 133 cm³/mol. The van der Waals surface area contributed by atoms with Crippen molar-refractivity contribution in [3.63, 3.8) is 0 Å². The van der Waals surface area contributed by atoms with Gasteiger partial charge in [0.1, 0.15) is 5.76 Å². The molecule has 0 saturated heterocycles. The molecule has 1 aliphatic rings. The van der Waals surface area contributed by atoms with E-state index in [9.17, 15) is 4.79 Å². The largest absolute Gasteiger partial charge is 0.467 e. The molecule has 1 heterocycles. The van der Waals surface area contributed by atoms with E-state index in [2.05, 4.69) is 20.9 Å². The highest BCUT2D eigenvalue weighted by atomic mass is 127. The fourth-order valence-corrected chi connectivity index (χ4v) is 2.92. The van der Waals surface area contributed by atoms with Gasteiger partial charge in [-0.3, -0.25) is 4.79 Å². The quantitative estimate of drug-likeness (QED) is 0.166. The Bertz CT molecular complexity index is 807. The predicted octanol–water partition coefficient (Wildman–Crippen LogP) is 3.70. The number of benzene rings is 1. The van der Waals surface area contributed by atoms with Gasteiger partial charge in [0.2, 0.25) is 0 Å². The van der Waals surface area contributed by atoms with Crippen molar-refractivity contribution >= 4 is 35.8 Å². The van der Waals surface area contributed by atoms with Crippen LogP contribution in [0.5, 0.6) is 0 Å². The molecule has 31 heavy (non-hydrogen) atoms. The number of hydrogen-bond donors (Lipinski definition) is 3. The standard InChI is InChI=1S/C23H32N4O3.HI/c1-2-24-23(25-11-5-12-29-17-18-9-10-18)27-15-19-6-3-7-20(14-19)22(28)26-16-21-8-4-13-30-21;/h3-4,6-8,13-14,18H,2,5,9-12,15-17H2,1H3,(H,26,28)(H2,24,25,27);1H. The summed E-state index contributed by atoms with van der Waals surface area (Å²) >= 11 is 0. The number of hydrogen-bond acceptors (Lipinski definition) is 4. The lowest BCUT2D eigenvalue weighted by atomic mass is 10.1. The van der Waals surface area contributed by atoms with E-state index in [-0.39, 0.29) is 29.9 Å². The Kier molecular flexibility index (Phi) is 11.4. The van der Waals surface area contributed by atoms with Gasteiger partial charge in [0.15, 0.2) is 5.96 Å². The molecule has 0 bridgehead atoms. The number of ether oxygens (including phenoxy) is 1. The van der Waals surface area contributed by atoms with Crippen molar-refractivity contribution < 1.29 is 13.9 Å². The molecule has 1 aromatic heterocycles. The van der Waals surface area contributed by atoms with Gasteiger partial charge in [-0.15, -0.1) is 24.0 Å². The minimum absolute atomic E-state index is 0. The Hall–Kier alpha value is -2.07. The van der Waals surface area contributed by atoms with Crippen molar-refractivity contribution in [1.29, 1.82) is 0 Å². The lowest BCUT2D eigenvalue weighted by Crippen LogP contribution is -2.38. The molecule has 1 fully saturated rings. The molecule has 7 nitrogen and oxygen atoms in total. The minimum atomic E-state index is -0.131. The second kappa shape index (κ2) is 14.1. The zero-order valence-electron chi connectivity index (χ0n) is 18.1. The van der Waals surface area contributed by atoms with Crippen molar-refractivity contribution in [2.24, 2.45) is 10.9 Å². The molecule has 1 amide bonds. The molecule has 0 aliphatic heterocycles. The molecule has 0 unspecified atom stereocenters. The van der Waals surface area contributed by atoms with Crippen LogP contribution in [0.3, 0.4) is 0 Å². The number of amides is 1. The SMILES string of the molecule is CCNC(=NCc1cccc(C(=O)NCc2ccco2)c1)NCCCOCC1CC1.I. The fourth-order valence-electron chi connectivity index (χ4n) is 2.92. The first-order valence-corrected chi connectivity index (χ1v) is 10.7. The fraction of sp³-hybridized carbons (Fsp3) is 0.478. The number of furan rings is 1. The number of nitrogens with zero attached hydrogens (tertiary/aromatic N) is 1. The highest BCUT2D eigenvalue weighted by molar-refractivity contribution is 14.0. The van der Waals surface area contributed by atoms with Gasteiger partial charge in [-0.25, -0.2) is 4.99 Å². The number of aliphatic imine (C=N–C) groups is 1. The second-order valence-electron chi connectivity index (χ2n) is 7.46. The van der Waals surface area contributed by atoms with E-state index in [0.29, 0.717) is 18.7 Å². The summed E-state index contributed by atoms with van der Waals surface area (Å²) in [6.45, 7) is 6.18. The van der Waals surface area contributed by atoms with Gasteiger partial charge in [-0.05, 0) is 61.9 Å². The molecule has 2 aromatic rings. The Morgan fingerprint density at radius 2 is 2.06 bits per heavy atom. The van der Waals surface area contributed by atoms with Crippen molar-refractivity contribution in [3.8, 4) is 0 Å². The summed E-state index contributed by atoms with van der Waals surface area (Å²) in [6, 6.07) is 11.2. The van der Waals surface area contributed by atoms with E-state index in [1.54, 1.807) is 18.4 Å². The van der Waals surface area contributed by atoms with Crippen LogP contribution in [0.15, 0.2) is 52.1 Å². The molecule has 8 heteroatoms. The molecular formula is C23H33IN4O3. The molecule has 3 N–H and O–H groups in total. The second-order valence-corrected chi connectivity index (χ2v) is 7.46. The summed E-state index contributed by atoms with van der Waals surface area (Å²) in [4.78, 5) is 17.0. The number of rotatable bonds is 12.